The molecule has 2 aromatic carbocycles. The predicted molar refractivity (Wildman–Crippen MR) is 84.9 cm³/mol. The number of fused-ring (bicyclic) bond motifs is 1. The minimum Gasteiger partial charge on any atom is -0.378 e. The van der Waals surface area contributed by atoms with E-state index >= 15 is 0 Å². The predicted octanol–water partition coefficient (Wildman–Crippen LogP) is 3.97. The largest absolute Gasteiger partial charge is 0.378 e. The van der Waals surface area contributed by atoms with Crippen molar-refractivity contribution in [3.05, 3.63) is 54.1 Å². The van der Waals surface area contributed by atoms with Gasteiger partial charge < -0.3 is 4.90 Å². The molecule has 0 fully saturated rings. The van der Waals surface area contributed by atoms with Gasteiger partial charge in [-0.1, -0.05) is 0 Å². The summed E-state index contributed by atoms with van der Waals surface area (Å²) < 4.78 is 15.3. The molecule has 3 aromatic rings. The minimum absolute atomic E-state index is 0.270. The minimum atomic E-state index is -0.295. The quantitative estimate of drug-likeness (QED) is 0.683. The molecule has 0 spiro atoms. The topological polar surface area (TPSA) is 21.1 Å². The van der Waals surface area contributed by atoms with Gasteiger partial charge in [-0.15, -0.1) is 11.6 Å². The number of alkyl halides is 1. The maximum Gasteiger partial charge on any atom is 0.129 e. The first-order valence-corrected chi connectivity index (χ1v) is 7.14. The van der Waals surface area contributed by atoms with Crippen molar-refractivity contribution >= 4 is 28.3 Å². The summed E-state index contributed by atoms with van der Waals surface area (Å²) in [5, 5.41) is 0. The first-order valence-electron chi connectivity index (χ1n) is 6.61. The zero-order chi connectivity index (χ0) is 15.0. The summed E-state index contributed by atoms with van der Waals surface area (Å²) in [5.41, 5.74) is 3.54. The smallest absolute Gasteiger partial charge is 0.129 e. The molecule has 0 atom stereocenters. The van der Waals surface area contributed by atoms with Gasteiger partial charge in [-0.2, -0.15) is 0 Å². The van der Waals surface area contributed by atoms with Gasteiger partial charge in [0.15, 0.2) is 0 Å². The lowest BCUT2D eigenvalue weighted by molar-refractivity contribution is 0.629. The highest BCUT2D eigenvalue weighted by atomic mass is 35.5. The Labute approximate surface area is 127 Å². The molecule has 0 aliphatic rings. The van der Waals surface area contributed by atoms with Gasteiger partial charge in [0.05, 0.1) is 16.9 Å². The van der Waals surface area contributed by atoms with Gasteiger partial charge in [-0.3, -0.25) is 4.57 Å². The maximum absolute atomic E-state index is 13.3. The number of anilines is 1. The van der Waals surface area contributed by atoms with Crippen LogP contribution in [-0.2, 0) is 5.88 Å². The van der Waals surface area contributed by atoms with Crippen LogP contribution in [0.15, 0.2) is 42.5 Å². The Morgan fingerprint density at radius 3 is 2.48 bits per heavy atom. The van der Waals surface area contributed by atoms with E-state index in [0.717, 1.165) is 16.9 Å². The van der Waals surface area contributed by atoms with Crippen LogP contribution < -0.4 is 4.90 Å². The van der Waals surface area contributed by atoms with Crippen molar-refractivity contribution in [3.63, 3.8) is 0 Å². The zero-order valence-electron chi connectivity index (χ0n) is 11.8. The molecule has 5 heteroatoms. The molecule has 0 unspecified atom stereocenters. The Morgan fingerprint density at radius 1 is 1.14 bits per heavy atom. The highest BCUT2D eigenvalue weighted by Gasteiger charge is 2.12. The molecule has 0 bridgehead atoms. The molecule has 21 heavy (non-hydrogen) atoms. The Hall–Kier alpha value is -2.07. The molecule has 108 valence electrons. The maximum atomic E-state index is 13.3. The number of hydrogen-bond acceptors (Lipinski definition) is 2. The Balaban J connectivity index is 2.18. The number of hydrogen-bond donors (Lipinski definition) is 0. The second kappa shape index (κ2) is 5.37. The summed E-state index contributed by atoms with van der Waals surface area (Å²) in [6.07, 6.45) is 0. The summed E-state index contributed by atoms with van der Waals surface area (Å²) in [7, 11) is 3.99. The van der Waals surface area contributed by atoms with Gasteiger partial charge in [0, 0.05) is 31.5 Å². The van der Waals surface area contributed by atoms with E-state index in [1.165, 1.54) is 12.1 Å². The van der Waals surface area contributed by atoms with E-state index in [4.69, 9.17) is 11.6 Å². The van der Waals surface area contributed by atoms with E-state index in [1.807, 2.05) is 47.8 Å². The monoisotopic (exact) mass is 303 g/mol. The Bertz CT molecular complexity index is 778. The highest BCUT2D eigenvalue weighted by Crippen LogP contribution is 2.24. The molecule has 1 heterocycles. The molecule has 0 N–H and O–H groups in total. The third-order valence-corrected chi connectivity index (χ3v) is 3.67. The molecule has 0 amide bonds. The van der Waals surface area contributed by atoms with Crippen molar-refractivity contribution in [2.24, 2.45) is 0 Å². The van der Waals surface area contributed by atoms with Crippen molar-refractivity contribution < 1.29 is 4.39 Å². The average molecular weight is 304 g/mol. The molecule has 3 rings (SSSR count). The van der Waals surface area contributed by atoms with Crippen LogP contribution in [-0.4, -0.2) is 23.6 Å². The summed E-state index contributed by atoms with van der Waals surface area (Å²) in [5.74, 6) is 0.678. The number of aromatic nitrogens is 2. The molecule has 0 radical (unpaired) electrons. The van der Waals surface area contributed by atoms with Crippen LogP contribution in [0.3, 0.4) is 0 Å². The molecule has 1 aromatic heterocycles. The summed E-state index contributed by atoms with van der Waals surface area (Å²) in [6, 6.07) is 12.7. The van der Waals surface area contributed by atoms with E-state index in [0.29, 0.717) is 11.3 Å². The van der Waals surface area contributed by atoms with Crippen LogP contribution in [0.5, 0.6) is 0 Å². The lowest BCUT2D eigenvalue weighted by Crippen LogP contribution is -2.08. The van der Waals surface area contributed by atoms with E-state index in [1.54, 1.807) is 6.07 Å². The fourth-order valence-corrected chi connectivity index (χ4v) is 2.56. The lowest BCUT2D eigenvalue weighted by atomic mass is 10.2. The third-order valence-electron chi connectivity index (χ3n) is 3.43. The second-order valence-corrected chi connectivity index (χ2v) is 5.31. The molecule has 0 saturated carbocycles. The number of rotatable bonds is 3. The van der Waals surface area contributed by atoms with Crippen molar-refractivity contribution in [2.45, 2.75) is 5.88 Å². The SMILES string of the molecule is CN(C)c1ccc(-n2c(CCl)nc3cc(F)ccc32)cc1. The Morgan fingerprint density at radius 2 is 1.86 bits per heavy atom. The van der Waals surface area contributed by atoms with Crippen molar-refractivity contribution in [1.29, 1.82) is 0 Å². The van der Waals surface area contributed by atoms with Gasteiger partial charge in [0.1, 0.15) is 11.6 Å². The normalized spacial score (nSPS) is 11.0. The van der Waals surface area contributed by atoms with Gasteiger partial charge in [0.25, 0.3) is 0 Å². The van der Waals surface area contributed by atoms with E-state index in [9.17, 15) is 4.39 Å². The highest BCUT2D eigenvalue weighted by molar-refractivity contribution is 6.17. The fraction of sp³-hybridized carbons (Fsp3) is 0.188. The fourth-order valence-electron chi connectivity index (χ4n) is 2.38. The van der Waals surface area contributed by atoms with Gasteiger partial charge >= 0.3 is 0 Å². The van der Waals surface area contributed by atoms with Crippen molar-refractivity contribution in [1.82, 2.24) is 9.55 Å². The summed E-state index contributed by atoms with van der Waals surface area (Å²) in [6.45, 7) is 0. The van der Waals surface area contributed by atoms with Crippen LogP contribution in [0, 0.1) is 5.82 Å². The van der Waals surface area contributed by atoms with Crippen molar-refractivity contribution in [3.8, 4) is 5.69 Å². The molecular formula is C16H15ClFN3. The van der Waals surface area contributed by atoms with E-state index < -0.39 is 0 Å². The third kappa shape index (κ3) is 2.47. The van der Waals surface area contributed by atoms with Crippen LogP contribution in [0.4, 0.5) is 10.1 Å². The van der Waals surface area contributed by atoms with Crippen LogP contribution in [0.25, 0.3) is 16.7 Å². The van der Waals surface area contributed by atoms with Crippen LogP contribution >= 0.6 is 11.6 Å². The first-order chi connectivity index (χ1) is 10.1. The number of benzene rings is 2. The average Bonchev–Trinajstić information content (AvgIpc) is 2.84. The summed E-state index contributed by atoms with van der Waals surface area (Å²) in [4.78, 5) is 6.44. The Kier molecular flexibility index (Phi) is 3.55. The number of nitrogens with zero attached hydrogens (tertiary/aromatic N) is 3. The molecule has 0 aliphatic heterocycles. The lowest BCUT2D eigenvalue weighted by Gasteiger charge is -2.14. The molecule has 3 nitrogen and oxygen atoms in total. The van der Waals surface area contributed by atoms with E-state index in [-0.39, 0.29) is 11.7 Å². The van der Waals surface area contributed by atoms with Crippen LogP contribution in [0.1, 0.15) is 5.82 Å². The van der Waals surface area contributed by atoms with Crippen molar-refractivity contribution in [2.75, 3.05) is 19.0 Å². The number of halogens is 2. The van der Waals surface area contributed by atoms with Gasteiger partial charge in [-0.05, 0) is 36.4 Å². The van der Waals surface area contributed by atoms with Crippen LogP contribution in [0.2, 0.25) is 0 Å². The van der Waals surface area contributed by atoms with E-state index in [2.05, 4.69) is 4.98 Å². The second-order valence-electron chi connectivity index (χ2n) is 5.04. The van der Waals surface area contributed by atoms with Gasteiger partial charge in [0.2, 0.25) is 0 Å². The standard InChI is InChI=1S/C16H15ClFN3/c1-20(2)12-4-6-13(7-5-12)21-15-8-3-11(18)9-14(15)19-16(21)10-17/h3-9H,10H2,1-2H3. The molecule has 0 saturated heterocycles. The number of imidazole rings is 1. The first kappa shape index (κ1) is 13.9. The summed E-state index contributed by atoms with van der Waals surface area (Å²) >= 11 is 5.99. The molecular weight excluding hydrogens is 289 g/mol. The molecule has 0 aliphatic carbocycles. The zero-order valence-corrected chi connectivity index (χ0v) is 12.6. The van der Waals surface area contributed by atoms with Gasteiger partial charge in [-0.25, -0.2) is 9.37 Å².